The Morgan fingerprint density at radius 2 is 1.84 bits per heavy atom. The Morgan fingerprint density at radius 1 is 1.16 bits per heavy atom. The second kappa shape index (κ2) is 6.52. The van der Waals surface area contributed by atoms with Crippen LogP contribution in [0.3, 0.4) is 0 Å². The Morgan fingerprint density at radius 3 is 2.44 bits per heavy atom. The van der Waals surface area contributed by atoms with Crippen molar-refractivity contribution < 1.29 is 14.3 Å². The van der Waals surface area contributed by atoms with Gasteiger partial charge in [-0.3, -0.25) is 4.79 Å². The molecule has 0 amide bonds. The van der Waals surface area contributed by atoms with Gasteiger partial charge < -0.3 is 5.11 Å². The number of benzene rings is 2. The number of hydrogen-bond donors (Lipinski definition) is 1. The second-order valence-electron chi connectivity index (χ2n) is 6.32. The van der Waals surface area contributed by atoms with Crippen LogP contribution in [-0.4, -0.2) is 11.1 Å². The molecule has 0 spiro atoms. The van der Waals surface area contributed by atoms with Crippen molar-refractivity contribution in [1.82, 2.24) is 0 Å². The Kier molecular flexibility index (Phi) is 4.41. The molecule has 0 heterocycles. The molecular formula is C22H19FO2. The molecule has 25 heavy (non-hydrogen) atoms. The molecular weight excluding hydrogens is 315 g/mol. The summed E-state index contributed by atoms with van der Waals surface area (Å²) in [6.07, 6.45) is 1.90. The first-order valence-electron chi connectivity index (χ1n) is 8.06. The van der Waals surface area contributed by atoms with Crippen molar-refractivity contribution in [1.29, 1.82) is 0 Å². The number of carbonyl (C=O) groups is 1. The van der Waals surface area contributed by atoms with E-state index in [0.29, 0.717) is 11.1 Å². The van der Waals surface area contributed by atoms with Gasteiger partial charge in [-0.1, -0.05) is 42.5 Å². The molecule has 2 nitrogen and oxygen atoms in total. The van der Waals surface area contributed by atoms with E-state index in [1.807, 2.05) is 44.2 Å². The Labute approximate surface area is 146 Å². The van der Waals surface area contributed by atoms with E-state index >= 15 is 0 Å². The summed E-state index contributed by atoms with van der Waals surface area (Å²) in [6, 6.07) is 12.6. The van der Waals surface area contributed by atoms with Gasteiger partial charge in [-0.25, -0.2) is 4.39 Å². The van der Waals surface area contributed by atoms with Gasteiger partial charge in [0.1, 0.15) is 5.82 Å². The normalized spacial score (nSPS) is 14.8. The molecule has 2 aromatic carbocycles. The fourth-order valence-corrected chi connectivity index (χ4v) is 3.16. The first-order chi connectivity index (χ1) is 11.9. The van der Waals surface area contributed by atoms with Crippen LogP contribution >= 0.6 is 0 Å². The third-order valence-corrected chi connectivity index (χ3v) is 4.50. The first-order valence-corrected chi connectivity index (χ1v) is 8.06. The number of carboxylic acids is 1. The van der Waals surface area contributed by atoms with E-state index in [2.05, 4.69) is 6.58 Å². The minimum atomic E-state index is -0.920. The number of halogens is 1. The third-order valence-electron chi connectivity index (χ3n) is 4.50. The summed E-state index contributed by atoms with van der Waals surface area (Å²) < 4.78 is 13.7. The number of aliphatic carboxylic acids is 1. The predicted octanol–water partition coefficient (Wildman–Crippen LogP) is 5.66. The quantitative estimate of drug-likeness (QED) is 0.783. The maximum absolute atomic E-state index is 13.7. The summed E-state index contributed by atoms with van der Waals surface area (Å²) in [7, 11) is 0. The van der Waals surface area contributed by atoms with Gasteiger partial charge in [0.05, 0.1) is 6.42 Å². The molecule has 0 saturated carbocycles. The van der Waals surface area contributed by atoms with Gasteiger partial charge in [0.25, 0.3) is 0 Å². The zero-order chi connectivity index (χ0) is 18.1. The van der Waals surface area contributed by atoms with E-state index in [0.717, 1.165) is 33.4 Å². The lowest BCUT2D eigenvalue weighted by molar-refractivity contribution is -0.135. The molecule has 1 aliphatic rings. The van der Waals surface area contributed by atoms with Crippen LogP contribution in [0.4, 0.5) is 4.39 Å². The molecule has 0 fully saturated rings. The fourth-order valence-electron chi connectivity index (χ4n) is 3.16. The lowest BCUT2D eigenvalue weighted by Crippen LogP contribution is -1.97. The minimum Gasteiger partial charge on any atom is -0.481 e. The van der Waals surface area contributed by atoms with Crippen molar-refractivity contribution >= 4 is 28.8 Å². The zero-order valence-electron chi connectivity index (χ0n) is 14.3. The van der Waals surface area contributed by atoms with E-state index in [1.165, 1.54) is 12.1 Å². The molecule has 1 N–H and O–H groups in total. The molecule has 3 heteroatoms. The van der Waals surface area contributed by atoms with Gasteiger partial charge in [-0.2, -0.15) is 0 Å². The molecule has 0 unspecified atom stereocenters. The summed E-state index contributed by atoms with van der Waals surface area (Å²) in [5.41, 5.74) is 7.12. The standard InChI is InChI=1S/C22H19FO2/c1-13(2)16-6-4-15(5-7-16)10-19-14(3)20(12-22(24)25)21-11-17(23)8-9-18(19)21/h4-11H,1,12H2,2-3H3,(H,24,25)/b19-10-. The maximum Gasteiger partial charge on any atom is 0.307 e. The van der Waals surface area contributed by atoms with Gasteiger partial charge >= 0.3 is 5.97 Å². The van der Waals surface area contributed by atoms with E-state index in [4.69, 9.17) is 0 Å². The van der Waals surface area contributed by atoms with Crippen LogP contribution in [0, 0.1) is 5.82 Å². The van der Waals surface area contributed by atoms with Gasteiger partial charge in [0, 0.05) is 0 Å². The molecule has 0 aromatic heterocycles. The molecule has 126 valence electrons. The fraction of sp³-hybridized carbons (Fsp3) is 0.136. The molecule has 0 saturated heterocycles. The zero-order valence-corrected chi connectivity index (χ0v) is 14.3. The van der Waals surface area contributed by atoms with E-state index in [9.17, 15) is 14.3 Å². The minimum absolute atomic E-state index is 0.117. The molecule has 0 radical (unpaired) electrons. The van der Waals surface area contributed by atoms with Crippen molar-refractivity contribution in [3.05, 3.63) is 82.7 Å². The van der Waals surface area contributed by atoms with Crippen LogP contribution in [0.25, 0.3) is 22.8 Å². The highest BCUT2D eigenvalue weighted by Gasteiger charge is 2.25. The topological polar surface area (TPSA) is 37.3 Å². The van der Waals surface area contributed by atoms with Gasteiger partial charge in [-0.05, 0) is 71.0 Å². The maximum atomic E-state index is 13.7. The molecule has 1 aliphatic carbocycles. The van der Waals surface area contributed by atoms with Gasteiger partial charge in [-0.15, -0.1) is 0 Å². The Hall–Kier alpha value is -2.94. The van der Waals surface area contributed by atoms with E-state index in [1.54, 1.807) is 6.07 Å². The average molecular weight is 334 g/mol. The lowest BCUT2D eigenvalue weighted by Gasteiger charge is -2.05. The summed E-state index contributed by atoms with van der Waals surface area (Å²) in [5, 5.41) is 9.19. The smallest absolute Gasteiger partial charge is 0.307 e. The van der Waals surface area contributed by atoms with Crippen LogP contribution in [0.2, 0.25) is 0 Å². The summed E-state index contributed by atoms with van der Waals surface area (Å²) in [4.78, 5) is 11.2. The van der Waals surface area contributed by atoms with Gasteiger partial charge in [0.2, 0.25) is 0 Å². The molecule has 3 rings (SSSR count). The van der Waals surface area contributed by atoms with Gasteiger partial charge in [0.15, 0.2) is 0 Å². The summed E-state index contributed by atoms with van der Waals surface area (Å²) in [6.45, 7) is 7.78. The average Bonchev–Trinajstić information content (AvgIpc) is 2.80. The third kappa shape index (κ3) is 3.31. The van der Waals surface area contributed by atoms with E-state index < -0.39 is 5.97 Å². The number of rotatable bonds is 4. The summed E-state index contributed by atoms with van der Waals surface area (Å²) >= 11 is 0. The number of fused-ring (bicyclic) bond motifs is 1. The second-order valence-corrected chi connectivity index (χ2v) is 6.32. The number of carboxylic acid groups (broad SMARTS) is 1. The van der Waals surface area contributed by atoms with Crippen LogP contribution in [0.5, 0.6) is 0 Å². The summed E-state index contributed by atoms with van der Waals surface area (Å²) in [5.74, 6) is -1.28. The highest BCUT2D eigenvalue weighted by Crippen LogP contribution is 2.43. The molecule has 2 aromatic rings. The van der Waals surface area contributed by atoms with Crippen molar-refractivity contribution in [2.75, 3.05) is 0 Å². The first kappa shape index (κ1) is 16.9. The van der Waals surface area contributed by atoms with Crippen molar-refractivity contribution in [2.24, 2.45) is 0 Å². The lowest BCUT2D eigenvalue weighted by atomic mass is 9.99. The number of hydrogen-bond acceptors (Lipinski definition) is 1. The highest BCUT2D eigenvalue weighted by molar-refractivity contribution is 6.07. The van der Waals surface area contributed by atoms with Crippen molar-refractivity contribution in [3.8, 4) is 0 Å². The molecule has 0 aliphatic heterocycles. The predicted molar refractivity (Wildman–Crippen MR) is 100 cm³/mol. The molecule has 0 atom stereocenters. The van der Waals surface area contributed by atoms with Crippen LogP contribution in [0.1, 0.15) is 42.5 Å². The van der Waals surface area contributed by atoms with Crippen LogP contribution < -0.4 is 0 Å². The largest absolute Gasteiger partial charge is 0.481 e. The Bertz CT molecular complexity index is 931. The monoisotopic (exact) mass is 334 g/mol. The van der Waals surface area contributed by atoms with Crippen LogP contribution in [0.15, 0.2) is 54.6 Å². The highest BCUT2D eigenvalue weighted by atomic mass is 19.1. The molecule has 0 bridgehead atoms. The van der Waals surface area contributed by atoms with E-state index in [-0.39, 0.29) is 12.2 Å². The van der Waals surface area contributed by atoms with Crippen molar-refractivity contribution in [3.63, 3.8) is 0 Å². The van der Waals surface area contributed by atoms with Crippen molar-refractivity contribution in [2.45, 2.75) is 20.3 Å². The Balaban J connectivity index is 2.10. The number of allylic oxidation sites excluding steroid dienone is 3. The SMILES string of the molecule is C=C(C)c1ccc(/C=C2/C(C)=C(CC(=O)O)c3cc(F)ccc32)cc1. The van der Waals surface area contributed by atoms with Crippen LogP contribution in [-0.2, 0) is 4.79 Å².